The van der Waals surface area contributed by atoms with Crippen LogP contribution in [0.25, 0.3) is 0 Å². The lowest BCUT2D eigenvalue weighted by molar-refractivity contribution is 0.0932. The van der Waals surface area contributed by atoms with Gasteiger partial charge in [0.2, 0.25) is 0 Å². The fraction of sp³-hybridized carbons (Fsp3) is 0.269. The van der Waals surface area contributed by atoms with Gasteiger partial charge in [-0.1, -0.05) is 61.9 Å². The first-order valence-corrected chi connectivity index (χ1v) is 12.1. The second kappa shape index (κ2) is 10.0. The van der Waals surface area contributed by atoms with Crippen LogP contribution in [0.4, 0.5) is 5.69 Å². The van der Waals surface area contributed by atoms with Gasteiger partial charge >= 0.3 is 0 Å². The smallest absolute Gasteiger partial charge is 0.264 e. The molecule has 5 nitrogen and oxygen atoms in total. The van der Waals surface area contributed by atoms with Crippen molar-refractivity contribution in [1.82, 2.24) is 5.32 Å². The summed E-state index contributed by atoms with van der Waals surface area (Å²) < 4.78 is 27.1. The van der Waals surface area contributed by atoms with E-state index in [4.69, 9.17) is 0 Å². The number of hydrogen-bond donors (Lipinski definition) is 1. The minimum Gasteiger partial charge on any atom is -0.345 e. The molecule has 0 aromatic heterocycles. The molecular weight excluding hydrogens is 420 g/mol. The lowest BCUT2D eigenvalue weighted by atomic mass is 9.96. The van der Waals surface area contributed by atoms with E-state index in [1.807, 2.05) is 37.3 Å². The zero-order valence-electron chi connectivity index (χ0n) is 18.9. The lowest BCUT2D eigenvalue weighted by Crippen LogP contribution is -2.30. The molecule has 1 N–H and O–H groups in total. The van der Waals surface area contributed by atoms with Gasteiger partial charge in [-0.25, -0.2) is 8.42 Å². The molecule has 0 radical (unpaired) electrons. The molecule has 0 aliphatic heterocycles. The fourth-order valence-electron chi connectivity index (χ4n) is 3.51. The van der Waals surface area contributed by atoms with Gasteiger partial charge in [-0.15, -0.1) is 0 Å². The van der Waals surface area contributed by atoms with Gasteiger partial charge in [0.15, 0.2) is 0 Å². The van der Waals surface area contributed by atoms with Crippen LogP contribution in [0.2, 0.25) is 0 Å². The first kappa shape index (κ1) is 23.5. The van der Waals surface area contributed by atoms with Crippen LogP contribution in [0, 0.1) is 12.8 Å². The van der Waals surface area contributed by atoms with Crippen molar-refractivity contribution in [3.05, 3.63) is 95.6 Å². The Morgan fingerprint density at radius 1 is 0.906 bits per heavy atom. The summed E-state index contributed by atoms with van der Waals surface area (Å²) in [6.07, 6.45) is 0.825. The zero-order valence-corrected chi connectivity index (χ0v) is 19.8. The number of nitrogens with one attached hydrogen (secondary N) is 1. The topological polar surface area (TPSA) is 66.5 Å². The zero-order chi connectivity index (χ0) is 23.3. The molecule has 1 atom stereocenters. The maximum atomic E-state index is 12.9. The predicted molar refractivity (Wildman–Crippen MR) is 129 cm³/mol. The van der Waals surface area contributed by atoms with Crippen molar-refractivity contribution >= 4 is 21.6 Å². The summed E-state index contributed by atoms with van der Waals surface area (Å²) in [6.45, 7) is 6.16. The van der Waals surface area contributed by atoms with E-state index in [9.17, 15) is 13.2 Å². The van der Waals surface area contributed by atoms with Crippen molar-refractivity contribution in [3.8, 4) is 0 Å². The number of hydrogen-bond acceptors (Lipinski definition) is 3. The highest BCUT2D eigenvalue weighted by Crippen LogP contribution is 2.24. The molecule has 32 heavy (non-hydrogen) atoms. The Labute approximate surface area is 191 Å². The molecule has 3 rings (SSSR count). The van der Waals surface area contributed by atoms with Gasteiger partial charge in [-0.2, -0.15) is 0 Å². The van der Waals surface area contributed by atoms with E-state index >= 15 is 0 Å². The predicted octanol–water partition coefficient (Wildman–Crippen LogP) is 5.34. The highest BCUT2D eigenvalue weighted by Gasteiger charge is 2.22. The van der Waals surface area contributed by atoms with Gasteiger partial charge in [-0.3, -0.25) is 9.10 Å². The molecule has 168 valence electrons. The van der Waals surface area contributed by atoms with E-state index in [2.05, 4.69) is 19.2 Å². The van der Waals surface area contributed by atoms with Crippen LogP contribution in [0.3, 0.4) is 0 Å². The quantitative estimate of drug-likeness (QED) is 0.504. The summed E-state index contributed by atoms with van der Waals surface area (Å²) in [5.41, 5.74) is 3.03. The molecule has 3 aromatic carbocycles. The monoisotopic (exact) mass is 450 g/mol. The number of carbonyl (C=O) groups is 1. The second-order valence-corrected chi connectivity index (χ2v) is 10.4. The molecule has 6 heteroatoms. The summed E-state index contributed by atoms with van der Waals surface area (Å²) in [6, 6.07) is 23.2. The van der Waals surface area contributed by atoms with Crippen LogP contribution in [0.15, 0.2) is 83.8 Å². The van der Waals surface area contributed by atoms with Crippen LogP contribution in [0.1, 0.15) is 47.8 Å². The van der Waals surface area contributed by atoms with Crippen molar-refractivity contribution in [2.75, 3.05) is 11.4 Å². The third-order valence-corrected chi connectivity index (χ3v) is 7.19. The number of rotatable bonds is 8. The normalized spacial score (nSPS) is 12.4. The first-order valence-electron chi connectivity index (χ1n) is 10.7. The van der Waals surface area contributed by atoms with Crippen molar-refractivity contribution in [2.24, 2.45) is 5.92 Å². The van der Waals surface area contributed by atoms with Gasteiger partial charge < -0.3 is 5.32 Å². The van der Waals surface area contributed by atoms with Gasteiger partial charge in [0.25, 0.3) is 15.9 Å². The number of amides is 1. The van der Waals surface area contributed by atoms with Crippen molar-refractivity contribution in [2.45, 2.75) is 38.1 Å². The summed E-state index contributed by atoms with van der Waals surface area (Å²) in [7, 11) is -2.17. The number of nitrogens with zero attached hydrogens (tertiary/aromatic N) is 1. The minimum atomic E-state index is -3.68. The molecule has 3 aromatic rings. The highest BCUT2D eigenvalue weighted by molar-refractivity contribution is 7.92. The maximum absolute atomic E-state index is 12.9. The number of sulfonamides is 1. The summed E-state index contributed by atoms with van der Waals surface area (Å²) in [5, 5.41) is 3.12. The lowest BCUT2D eigenvalue weighted by Gasteiger charge is -2.22. The van der Waals surface area contributed by atoms with E-state index < -0.39 is 10.0 Å². The van der Waals surface area contributed by atoms with Gasteiger partial charge in [0.05, 0.1) is 16.6 Å². The third-order valence-electron chi connectivity index (χ3n) is 5.39. The molecule has 0 heterocycles. The van der Waals surface area contributed by atoms with E-state index in [0.717, 1.165) is 17.5 Å². The number of aryl methyl sites for hydroxylation is 1. The first-order chi connectivity index (χ1) is 15.2. The van der Waals surface area contributed by atoms with Crippen molar-refractivity contribution < 1.29 is 13.2 Å². The van der Waals surface area contributed by atoms with Gasteiger partial charge in [0, 0.05) is 12.6 Å². The van der Waals surface area contributed by atoms with Crippen LogP contribution >= 0.6 is 0 Å². The molecule has 0 aliphatic rings. The molecule has 0 saturated heterocycles. The number of anilines is 1. The number of benzene rings is 3. The van der Waals surface area contributed by atoms with E-state index in [1.165, 1.54) is 11.4 Å². The largest absolute Gasteiger partial charge is 0.345 e. The minimum absolute atomic E-state index is 0.0898. The SMILES string of the molecule is Cc1ccc(S(=O)(=O)N(C)c2ccc(C(=O)N[C@@H](CC(C)C)c3ccccc3)cc2)cc1. The summed E-state index contributed by atoms with van der Waals surface area (Å²) in [5.74, 6) is 0.235. The Kier molecular flexibility index (Phi) is 7.36. The van der Waals surface area contributed by atoms with E-state index in [1.54, 1.807) is 48.5 Å². The number of carbonyl (C=O) groups excluding carboxylic acids is 1. The maximum Gasteiger partial charge on any atom is 0.264 e. The van der Waals surface area contributed by atoms with Gasteiger partial charge in [-0.05, 0) is 61.2 Å². The van der Waals surface area contributed by atoms with Gasteiger partial charge in [0.1, 0.15) is 0 Å². The van der Waals surface area contributed by atoms with E-state index in [0.29, 0.717) is 17.2 Å². The molecule has 0 fully saturated rings. The molecule has 0 spiro atoms. The van der Waals surface area contributed by atoms with E-state index in [-0.39, 0.29) is 16.8 Å². The average Bonchev–Trinajstić information content (AvgIpc) is 2.78. The molecule has 0 aliphatic carbocycles. The molecule has 0 saturated carbocycles. The van der Waals surface area contributed by atoms with Crippen LogP contribution in [-0.2, 0) is 10.0 Å². The van der Waals surface area contributed by atoms with Crippen LogP contribution in [0.5, 0.6) is 0 Å². The average molecular weight is 451 g/mol. The highest BCUT2D eigenvalue weighted by atomic mass is 32.2. The Balaban J connectivity index is 1.76. The Hall–Kier alpha value is -3.12. The summed E-state index contributed by atoms with van der Waals surface area (Å²) in [4.78, 5) is 13.1. The van der Waals surface area contributed by atoms with Crippen molar-refractivity contribution in [1.29, 1.82) is 0 Å². The standard InChI is InChI=1S/C26H30N2O3S/c1-19(2)18-25(21-8-6-5-7-9-21)27-26(29)22-12-14-23(15-13-22)28(4)32(30,31)24-16-10-20(3)11-17-24/h5-17,19,25H,18H2,1-4H3,(H,27,29)/t25-/m0/s1. The fourth-order valence-corrected chi connectivity index (χ4v) is 4.70. The Morgan fingerprint density at radius 2 is 1.50 bits per heavy atom. The Morgan fingerprint density at radius 3 is 2.06 bits per heavy atom. The molecular formula is C26H30N2O3S. The third kappa shape index (κ3) is 5.56. The summed E-state index contributed by atoms with van der Waals surface area (Å²) >= 11 is 0. The second-order valence-electron chi connectivity index (χ2n) is 8.40. The van der Waals surface area contributed by atoms with Crippen LogP contribution in [-0.4, -0.2) is 21.4 Å². The molecule has 0 bridgehead atoms. The van der Waals surface area contributed by atoms with Crippen molar-refractivity contribution in [3.63, 3.8) is 0 Å². The molecule has 1 amide bonds. The Bertz CT molecular complexity index is 1140. The molecule has 0 unspecified atom stereocenters. The van der Waals surface area contributed by atoms with Crippen LogP contribution < -0.4 is 9.62 Å².